The molecule has 0 spiro atoms. The Morgan fingerprint density at radius 2 is 1.62 bits per heavy atom. The number of rotatable bonds is 13. The summed E-state index contributed by atoms with van der Waals surface area (Å²) >= 11 is 0. The highest BCUT2D eigenvalue weighted by Crippen LogP contribution is 2.16. The third-order valence-corrected chi connectivity index (χ3v) is 4.52. The first kappa shape index (κ1) is 24.6. The summed E-state index contributed by atoms with van der Waals surface area (Å²) in [7, 11) is 2.61. The van der Waals surface area contributed by atoms with E-state index in [9.17, 15) is 19.5 Å². The Bertz CT molecular complexity index is 598. The Labute approximate surface area is 172 Å². The molecule has 0 radical (unpaired) electrons. The number of esters is 2. The van der Waals surface area contributed by atoms with Crippen molar-refractivity contribution < 1.29 is 29.0 Å². The normalized spacial score (nSPS) is 15.4. The number of amides is 1. The monoisotopic (exact) mass is 408 g/mol. The Morgan fingerprint density at radius 1 is 0.966 bits per heavy atom. The van der Waals surface area contributed by atoms with E-state index in [1.807, 2.05) is 36.5 Å². The summed E-state index contributed by atoms with van der Waals surface area (Å²) in [6.45, 7) is -0.126. The fourth-order valence-electron chi connectivity index (χ4n) is 2.88. The van der Waals surface area contributed by atoms with E-state index >= 15 is 0 Å². The molecule has 3 N–H and O–H groups in total. The minimum absolute atomic E-state index is 0.0442. The van der Waals surface area contributed by atoms with Gasteiger partial charge in [-0.1, -0.05) is 42.9 Å². The molecule has 0 bridgehead atoms. The third kappa shape index (κ3) is 11.2. The maximum atomic E-state index is 11.7. The number of methoxy groups -OCH3 is 2. The van der Waals surface area contributed by atoms with Gasteiger partial charge in [0.2, 0.25) is 5.91 Å². The largest absolute Gasteiger partial charge is 0.469 e. The number of hydrogen-bond acceptors (Lipinski definition) is 7. The molecule has 1 rings (SSSR count). The van der Waals surface area contributed by atoms with Gasteiger partial charge in [0.25, 0.3) is 0 Å². The van der Waals surface area contributed by atoms with Crippen LogP contribution in [0.15, 0.2) is 36.5 Å². The third-order valence-electron chi connectivity index (χ3n) is 4.52. The lowest BCUT2D eigenvalue weighted by atomic mass is 9.95. The van der Waals surface area contributed by atoms with Gasteiger partial charge >= 0.3 is 11.9 Å². The number of aliphatic hydroxyl groups is 1. The number of unbranched alkanes of at least 4 members (excludes halogenated alkanes) is 2. The summed E-state index contributed by atoms with van der Waals surface area (Å²) in [5, 5.41) is 15.9. The van der Waals surface area contributed by atoms with E-state index in [-0.39, 0.29) is 36.8 Å². The summed E-state index contributed by atoms with van der Waals surface area (Å²) < 4.78 is 9.22. The van der Waals surface area contributed by atoms with Gasteiger partial charge in [0.05, 0.1) is 20.6 Å². The first-order valence-electron chi connectivity index (χ1n) is 9.82. The molecule has 162 valence electrons. The molecule has 0 aliphatic heterocycles. The van der Waals surface area contributed by atoms with Gasteiger partial charge in [-0.05, 0) is 19.3 Å². The smallest absolute Gasteiger partial charge is 0.325 e. The van der Waals surface area contributed by atoms with Crippen LogP contribution in [0.5, 0.6) is 0 Å². The Morgan fingerprint density at radius 3 is 2.24 bits per heavy atom. The van der Waals surface area contributed by atoms with Crippen LogP contribution in [0.4, 0.5) is 0 Å². The average Bonchev–Trinajstić information content (AvgIpc) is 3.00. The van der Waals surface area contributed by atoms with E-state index in [1.165, 1.54) is 14.2 Å². The highest BCUT2D eigenvalue weighted by molar-refractivity contribution is 5.81. The summed E-state index contributed by atoms with van der Waals surface area (Å²) in [6, 6.07) is -0.283. The molecule has 29 heavy (non-hydrogen) atoms. The molecule has 2 atom stereocenters. The van der Waals surface area contributed by atoms with E-state index in [2.05, 4.69) is 15.4 Å². The lowest BCUT2D eigenvalue weighted by molar-refractivity contribution is -0.142. The van der Waals surface area contributed by atoms with E-state index < -0.39 is 12.2 Å². The first-order valence-corrected chi connectivity index (χ1v) is 9.82. The fourth-order valence-corrected chi connectivity index (χ4v) is 2.88. The zero-order valence-corrected chi connectivity index (χ0v) is 17.1. The Hall–Kier alpha value is -2.45. The maximum absolute atomic E-state index is 11.7. The van der Waals surface area contributed by atoms with Gasteiger partial charge in [0.1, 0.15) is 12.8 Å². The molecule has 1 amide bonds. The molecule has 8 heteroatoms. The van der Waals surface area contributed by atoms with Crippen LogP contribution >= 0.6 is 0 Å². The fraction of sp³-hybridized carbons (Fsp3) is 0.571. The molecule has 1 aliphatic rings. The predicted molar refractivity (Wildman–Crippen MR) is 109 cm³/mol. The molecule has 1 unspecified atom stereocenters. The Kier molecular flexibility index (Phi) is 12.3. The number of nitrogens with one attached hydrogen (secondary N) is 2. The standard InChI is InChI=1S/C21H32N2O6/c1-28-20(26)14-17(16-10-6-3-4-7-11-16)23-19(25)13-9-5-8-12-18(24)22-15-21(27)29-2/h3-4,6-7,10-11,16-17,19,23,25H,5,8-9,12-15H2,1-2H3,(H,22,24)/t17-,19?/m1/s1. The van der Waals surface area contributed by atoms with Crippen LogP contribution in [0.2, 0.25) is 0 Å². The number of aliphatic hydroxyl groups excluding tert-OH is 1. The van der Waals surface area contributed by atoms with Gasteiger partial charge in [0.15, 0.2) is 0 Å². The molecule has 0 saturated carbocycles. The molecule has 0 aromatic carbocycles. The van der Waals surface area contributed by atoms with Crippen LogP contribution in [-0.4, -0.2) is 56.0 Å². The van der Waals surface area contributed by atoms with Crippen molar-refractivity contribution >= 4 is 17.8 Å². The minimum atomic E-state index is -0.768. The molecule has 0 aromatic rings. The van der Waals surface area contributed by atoms with Crippen molar-refractivity contribution in [1.82, 2.24) is 10.6 Å². The lowest BCUT2D eigenvalue weighted by Gasteiger charge is -2.26. The van der Waals surface area contributed by atoms with Crippen LogP contribution in [0.1, 0.15) is 38.5 Å². The number of carbonyl (C=O) groups excluding carboxylic acids is 3. The molecule has 8 nitrogen and oxygen atoms in total. The van der Waals surface area contributed by atoms with Crippen LogP contribution in [-0.2, 0) is 23.9 Å². The van der Waals surface area contributed by atoms with Crippen molar-refractivity contribution in [3.8, 4) is 0 Å². The molecular weight excluding hydrogens is 376 g/mol. The Balaban J connectivity index is 2.33. The molecule has 0 saturated heterocycles. The first-order chi connectivity index (χ1) is 14.0. The van der Waals surface area contributed by atoms with E-state index in [4.69, 9.17) is 4.74 Å². The van der Waals surface area contributed by atoms with Crippen LogP contribution in [0, 0.1) is 5.92 Å². The van der Waals surface area contributed by atoms with Crippen molar-refractivity contribution in [1.29, 1.82) is 0 Å². The predicted octanol–water partition coefficient (Wildman–Crippen LogP) is 1.36. The average molecular weight is 408 g/mol. The van der Waals surface area contributed by atoms with Crippen LogP contribution in [0.3, 0.4) is 0 Å². The quantitative estimate of drug-likeness (QED) is 0.240. The zero-order chi connectivity index (χ0) is 21.5. The number of hydrogen-bond donors (Lipinski definition) is 3. The van der Waals surface area contributed by atoms with E-state index in [1.54, 1.807) is 0 Å². The van der Waals surface area contributed by atoms with Gasteiger partial charge in [-0.3, -0.25) is 19.7 Å². The zero-order valence-electron chi connectivity index (χ0n) is 17.1. The SMILES string of the molecule is COC(=O)CNC(=O)CCCCCC(O)N[C@H](CC(=O)OC)C1C=CC=CC=C1. The molecule has 1 aliphatic carbocycles. The lowest BCUT2D eigenvalue weighted by Crippen LogP contribution is -2.43. The molecular formula is C21H32N2O6. The van der Waals surface area contributed by atoms with Crippen LogP contribution in [0.25, 0.3) is 0 Å². The van der Waals surface area contributed by atoms with Crippen molar-refractivity contribution in [3.63, 3.8) is 0 Å². The molecule has 0 heterocycles. The van der Waals surface area contributed by atoms with Gasteiger partial charge < -0.3 is 19.9 Å². The number of allylic oxidation sites excluding steroid dienone is 4. The molecule has 0 fully saturated rings. The summed E-state index contributed by atoms with van der Waals surface area (Å²) in [5.41, 5.74) is 0. The molecule has 0 aromatic heterocycles. The van der Waals surface area contributed by atoms with Crippen molar-refractivity contribution in [2.75, 3.05) is 20.8 Å². The van der Waals surface area contributed by atoms with E-state index in [0.29, 0.717) is 19.3 Å². The van der Waals surface area contributed by atoms with Crippen molar-refractivity contribution in [2.45, 2.75) is 50.8 Å². The minimum Gasteiger partial charge on any atom is -0.469 e. The highest BCUT2D eigenvalue weighted by Gasteiger charge is 2.23. The highest BCUT2D eigenvalue weighted by atomic mass is 16.5. The second kappa shape index (κ2) is 14.5. The number of ether oxygens (including phenoxy) is 2. The summed E-state index contributed by atoms with van der Waals surface area (Å²) in [6.07, 6.45) is 13.9. The van der Waals surface area contributed by atoms with Crippen molar-refractivity contribution in [2.24, 2.45) is 5.92 Å². The van der Waals surface area contributed by atoms with Crippen LogP contribution < -0.4 is 10.6 Å². The van der Waals surface area contributed by atoms with E-state index in [0.717, 1.165) is 12.8 Å². The van der Waals surface area contributed by atoms with Gasteiger partial charge in [0, 0.05) is 18.4 Å². The topological polar surface area (TPSA) is 114 Å². The van der Waals surface area contributed by atoms with Gasteiger partial charge in [-0.15, -0.1) is 0 Å². The number of carbonyl (C=O) groups is 3. The second-order valence-corrected chi connectivity index (χ2v) is 6.75. The summed E-state index contributed by atoms with van der Waals surface area (Å²) in [4.78, 5) is 34.3. The van der Waals surface area contributed by atoms with Gasteiger partial charge in [-0.25, -0.2) is 0 Å². The van der Waals surface area contributed by atoms with Crippen molar-refractivity contribution in [3.05, 3.63) is 36.5 Å². The van der Waals surface area contributed by atoms with Gasteiger partial charge in [-0.2, -0.15) is 0 Å². The second-order valence-electron chi connectivity index (χ2n) is 6.75. The maximum Gasteiger partial charge on any atom is 0.325 e. The summed E-state index contributed by atoms with van der Waals surface area (Å²) in [5.74, 6) is -1.07.